The molecule has 0 saturated carbocycles. The first-order valence-corrected chi connectivity index (χ1v) is 4.43. The molecule has 0 radical (unpaired) electrons. The first-order chi connectivity index (χ1) is 5.79. The summed E-state index contributed by atoms with van der Waals surface area (Å²) in [4.78, 5) is 10.5. The minimum absolute atomic E-state index is 0.00204. The SMILES string of the molecule is CC.CC(=O)NC1=CCCC=C1. The Morgan fingerprint density at radius 1 is 1.42 bits per heavy atom. The Bertz CT molecular complexity index is 192. The van der Waals surface area contributed by atoms with Crippen molar-refractivity contribution in [1.82, 2.24) is 5.32 Å². The molecule has 0 aromatic carbocycles. The number of rotatable bonds is 1. The van der Waals surface area contributed by atoms with Gasteiger partial charge in [0.25, 0.3) is 0 Å². The van der Waals surface area contributed by atoms with E-state index in [9.17, 15) is 4.79 Å². The molecule has 1 aliphatic rings. The van der Waals surface area contributed by atoms with Crippen molar-refractivity contribution in [3.63, 3.8) is 0 Å². The second kappa shape index (κ2) is 6.65. The Morgan fingerprint density at radius 2 is 2.08 bits per heavy atom. The summed E-state index contributed by atoms with van der Waals surface area (Å²) in [5, 5.41) is 2.72. The summed E-state index contributed by atoms with van der Waals surface area (Å²) < 4.78 is 0. The third-order valence-corrected chi connectivity index (χ3v) is 1.32. The van der Waals surface area contributed by atoms with Crippen LogP contribution < -0.4 is 5.32 Å². The minimum atomic E-state index is -0.00204. The molecule has 12 heavy (non-hydrogen) atoms. The molecule has 0 aromatic rings. The van der Waals surface area contributed by atoms with Gasteiger partial charge in [0, 0.05) is 12.6 Å². The second-order valence-corrected chi connectivity index (χ2v) is 2.32. The number of hydrogen-bond acceptors (Lipinski definition) is 1. The summed E-state index contributed by atoms with van der Waals surface area (Å²) in [6.07, 6.45) is 8.15. The molecule has 0 fully saturated rings. The Labute approximate surface area is 74.4 Å². The quantitative estimate of drug-likeness (QED) is 0.638. The van der Waals surface area contributed by atoms with Crippen LogP contribution in [0.5, 0.6) is 0 Å². The fourth-order valence-corrected chi connectivity index (χ4v) is 0.909. The number of allylic oxidation sites excluding steroid dienone is 3. The van der Waals surface area contributed by atoms with E-state index in [1.165, 1.54) is 6.92 Å². The van der Waals surface area contributed by atoms with Crippen LogP contribution in [0.15, 0.2) is 23.9 Å². The summed E-state index contributed by atoms with van der Waals surface area (Å²) in [6, 6.07) is 0. The van der Waals surface area contributed by atoms with Gasteiger partial charge in [0.05, 0.1) is 0 Å². The third-order valence-electron chi connectivity index (χ3n) is 1.32. The van der Waals surface area contributed by atoms with Gasteiger partial charge in [0.2, 0.25) is 5.91 Å². The lowest BCUT2D eigenvalue weighted by molar-refractivity contribution is -0.118. The highest BCUT2D eigenvalue weighted by atomic mass is 16.1. The van der Waals surface area contributed by atoms with Crippen molar-refractivity contribution < 1.29 is 4.79 Å². The Balaban J connectivity index is 0.000000561. The number of carbonyl (C=O) groups is 1. The van der Waals surface area contributed by atoms with Crippen LogP contribution >= 0.6 is 0 Å². The van der Waals surface area contributed by atoms with E-state index in [-0.39, 0.29) is 5.91 Å². The molecule has 0 spiro atoms. The topological polar surface area (TPSA) is 29.1 Å². The van der Waals surface area contributed by atoms with E-state index in [2.05, 4.69) is 11.4 Å². The standard InChI is InChI=1S/C8H11NO.C2H6/c1-7(10)9-8-5-3-2-4-6-8;1-2/h3,5-6H,2,4H2,1H3,(H,9,10);1-2H3. The van der Waals surface area contributed by atoms with E-state index in [1.807, 2.05) is 26.0 Å². The molecule has 1 rings (SSSR count). The molecule has 68 valence electrons. The maximum absolute atomic E-state index is 10.5. The lowest BCUT2D eigenvalue weighted by Crippen LogP contribution is -2.18. The highest BCUT2D eigenvalue weighted by Crippen LogP contribution is 2.05. The molecule has 0 heterocycles. The fourth-order valence-electron chi connectivity index (χ4n) is 0.909. The molecule has 2 nitrogen and oxygen atoms in total. The summed E-state index contributed by atoms with van der Waals surface area (Å²) >= 11 is 0. The van der Waals surface area contributed by atoms with Crippen LogP contribution in [0.25, 0.3) is 0 Å². The van der Waals surface area contributed by atoms with Gasteiger partial charge < -0.3 is 5.32 Å². The third kappa shape index (κ3) is 4.72. The second-order valence-electron chi connectivity index (χ2n) is 2.32. The van der Waals surface area contributed by atoms with Crippen molar-refractivity contribution >= 4 is 5.91 Å². The Kier molecular flexibility index (Phi) is 6.07. The van der Waals surface area contributed by atoms with E-state index in [4.69, 9.17) is 0 Å². The normalized spacial score (nSPS) is 14.1. The van der Waals surface area contributed by atoms with Crippen molar-refractivity contribution in [2.24, 2.45) is 0 Å². The predicted octanol–water partition coefficient (Wildman–Crippen LogP) is 2.38. The molecule has 1 amide bonds. The van der Waals surface area contributed by atoms with E-state index in [0.29, 0.717) is 0 Å². The van der Waals surface area contributed by atoms with E-state index in [1.54, 1.807) is 0 Å². The van der Waals surface area contributed by atoms with Crippen molar-refractivity contribution in [2.45, 2.75) is 33.6 Å². The first-order valence-electron chi connectivity index (χ1n) is 4.43. The zero-order valence-corrected chi connectivity index (χ0v) is 8.05. The van der Waals surface area contributed by atoms with E-state index in [0.717, 1.165) is 18.5 Å². The summed E-state index contributed by atoms with van der Waals surface area (Å²) in [7, 11) is 0. The van der Waals surface area contributed by atoms with Gasteiger partial charge in [-0.05, 0) is 18.9 Å². The lowest BCUT2D eigenvalue weighted by atomic mass is 10.1. The molecule has 0 saturated heterocycles. The van der Waals surface area contributed by atoms with Gasteiger partial charge in [-0.2, -0.15) is 0 Å². The summed E-state index contributed by atoms with van der Waals surface area (Å²) in [5.74, 6) is -0.00204. The molecular formula is C10H17NO. The smallest absolute Gasteiger partial charge is 0.221 e. The van der Waals surface area contributed by atoms with Crippen molar-refractivity contribution in [2.75, 3.05) is 0 Å². The zero-order valence-electron chi connectivity index (χ0n) is 8.05. The Morgan fingerprint density at radius 3 is 2.50 bits per heavy atom. The maximum Gasteiger partial charge on any atom is 0.221 e. The van der Waals surface area contributed by atoms with E-state index >= 15 is 0 Å². The minimum Gasteiger partial charge on any atom is -0.327 e. The zero-order chi connectivity index (χ0) is 9.40. The van der Waals surface area contributed by atoms with Gasteiger partial charge in [0.1, 0.15) is 0 Å². The van der Waals surface area contributed by atoms with Crippen molar-refractivity contribution in [3.8, 4) is 0 Å². The van der Waals surface area contributed by atoms with Crippen LogP contribution in [0.4, 0.5) is 0 Å². The largest absolute Gasteiger partial charge is 0.327 e. The molecule has 2 heteroatoms. The van der Waals surface area contributed by atoms with Crippen LogP contribution in [0.1, 0.15) is 33.6 Å². The Hall–Kier alpha value is -1.05. The van der Waals surface area contributed by atoms with Crippen molar-refractivity contribution in [3.05, 3.63) is 23.9 Å². The number of nitrogens with one attached hydrogen (secondary N) is 1. The molecule has 0 unspecified atom stereocenters. The highest BCUT2D eigenvalue weighted by molar-refractivity contribution is 5.75. The molecular weight excluding hydrogens is 150 g/mol. The molecule has 0 atom stereocenters. The van der Waals surface area contributed by atoms with Crippen molar-refractivity contribution in [1.29, 1.82) is 0 Å². The van der Waals surface area contributed by atoms with Gasteiger partial charge in [-0.1, -0.05) is 26.0 Å². The van der Waals surface area contributed by atoms with E-state index < -0.39 is 0 Å². The van der Waals surface area contributed by atoms with Crippen LogP contribution in [0.3, 0.4) is 0 Å². The summed E-state index contributed by atoms with van der Waals surface area (Å²) in [6.45, 7) is 5.52. The average molecular weight is 167 g/mol. The predicted molar refractivity (Wildman–Crippen MR) is 51.6 cm³/mol. The van der Waals surface area contributed by atoms with Gasteiger partial charge in [0.15, 0.2) is 0 Å². The lowest BCUT2D eigenvalue weighted by Gasteiger charge is -2.05. The maximum atomic E-state index is 10.5. The van der Waals surface area contributed by atoms with Gasteiger partial charge >= 0.3 is 0 Å². The number of amides is 1. The van der Waals surface area contributed by atoms with Crippen LogP contribution in [0, 0.1) is 0 Å². The molecule has 0 aliphatic heterocycles. The number of carbonyl (C=O) groups excluding carboxylic acids is 1. The molecule has 1 N–H and O–H groups in total. The molecule has 0 bridgehead atoms. The van der Waals surface area contributed by atoms with Gasteiger partial charge in [-0.25, -0.2) is 0 Å². The summed E-state index contributed by atoms with van der Waals surface area (Å²) in [5.41, 5.74) is 0.929. The number of hydrogen-bond donors (Lipinski definition) is 1. The fraction of sp³-hybridized carbons (Fsp3) is 0.500. The molecule has 0 aromatic heterocycles. The monoisotopic (exact) mass is 167 g/mol. The van der Waals surface area contributed by atoms with Crippen LogP contribution in [0.2, 0.25) is 0 Å². The highest BCUT2D eigenvalue weighted by Gasteiger charge is 1.96. The van der Waals surface area contributed by atoms with Crippen LogP contribution in [-0.4, -0.2) is 5.91 Å². The first kappa shape index (κ1) is 11.0. The van der Waals surface area contributed by atoms with Crippen LogP contribution in [-0.2, 0) is 4.79 Å². The average Bonchev–Trinajstić information content (AvgIpc) is 2.08. The molecule has 1 aliphatic carbocycles. The van der Waals surface area contributed by atoms with Gasteiger partial charge in [-0.3, -0.25) is 4.79 Å². The van der Waals surface area contributed by atoms with Gasteiger partial charge in [-0.15, -0.1) is 0 Å².